The fraction of sp³-hybridized carbons (Fsp3) is 0.647. The van der Waals surface area contributed by atoms with Gasteiger partial charge in [0, 0.05) is 30.5 Å². The van der Waals surface area contributed by atoms with Gasteiger partial charge in [-0.1, -0.05) is 12.1 Å². The molecule has 0 saturated carbocycles. The number of rotatable bonds is 5. The lowest BCUT2D eigenvalue weighted by molar-refractivity contribution is 0.0132. The second kappa shape index (κ2) is 6.96. The van der Waals surface area contributed by atoms with Crippen molar-refractivity contribution in [2.24, 2.45) is 0 Å². The molecule has 0 amide bonds. The zero-order valence-electron chi connectivity index (χ0n) is 13.5. The summed E-state index contributed by atoms with van der Waals surface area (Å²) in [6.45, 7) is 6.78. The smallest absolute Gasteiger partial charge is 0.123 e. The summed E-state index contributed by atoms with van der Waals surface area (Å²) in [5, 5.41) is 32.8. The first-order valence-electron chi connectivity index (χ1n) is 7.79. The average molecular weight is 309 g/mol. The van der Waals surface area contributed by atoms with Crippen LogP contribution in [0.2, 0.25) is 0 Å². The molecule has 1 aliphatic rings. The first kappa shape index (κ1) is 17.2. The number of nitrogens with one attached hydrogen (secondary N) is 1. The van der Waals surface area contributed by atoms with E-state index in [9.17, 15) is 15.3 Å². The van der Waals surface area contributed by atoms with Crippen LogP contribution in [0.15, 0.2) is 18.2 Å². The Morgan fingerprint density at radius 3 is 2.59 bits per heavy atom. The number of hydrogen-bond acceptors (Lipinski definition) is 5. The van der Waals surface area contributed by atoms with Crippen molar-refractivity contribution in [3.05, 3.63) is 29.3 Å². The topological polar surface area (TPSA) is 82.0 Å². The van der Waals surface area contributed by atoms with Crippen molar-refractivity contribution in [1.29, 1.82) is 0 Å². The molecule has 0 spiro atoms. The van der Waals surface area contributed by atoms with Crippen molar-refractivity contribution >= 4 is 0 Å². The summed E-state index contributed by atoms with van der Waals surface area (Å²) < 4.78 is 5.73. The normalized spacial score (nSPS) is 23.0. The van der Waals surface area contributed by atoms with E-state index in [2.05, 4.69) is 5.32 Å². The van der Waals surface area contributed by atoms with Crippen LogP contribution < -0.4 is 10.1 Å². The van der Waals surface area contributed by atoms with Crippen LogP contribution in [-0.2, 0) is 12.8 Å². The highest BCUT2D eigenvalue weighted by molar-refractivity contribution is 5.43. The number of aliphatic hydroxyl groups excluding tert-OH is 3. The Balaban J connectivity index is 1.95. The molecule has 5 nitrogen and oxygen atoms in total. The van der Waals surface area contributed by atoms with Crippen molar-refractivity contribution in [3.63, 3.8) is 0 Å². The van der Waals surface area contributed by atoms with Crippen LogP contribution in [0, 0.1) is 0 Å². The Morgan fingerprint density at radius 1 is 1.23 bits per heavy atom. The number of fused-ring (bicyclic) bond motifs is 1. The molecule has 2 rings (SSSR count). The van der Waals surface area contributed by atoms with Gasteiger partial charge in [0.05, 0.1) is 12.2 Å². The summed E-state index contributed by atoms with van der Waals surface area (Å²) in [6, 6.07) is 5.65. The van der Waals surface area contributed by atoms with Crippen LogP contribution in [0.25, 0.3) is 0 Å². The molecule has 4 N–H and O–H groups in total. The van der Waals surface area contributed by atoms with Gasteiger partial charge in [0.1, 0.15) is 18.5 Å². The van der Waals surface area contributed by atoms with Gasteiger partial charge in [0.25, 0.3) is 0 Å². The third-order valence-electron chi connectivity index (χ3n) is 3.82. The van der Waals surface area contributed by atoms with Gasteiger partial charge in [-0.3, -0.25) is 0 Å². The maximum atomic E-state index is 10.00. The Morgan fingerprint density at radius 2 is 1.91 bits per heavy atom. The predicted molar refractivity (Wildman–Crippen MR) is 85.1 cm³/mol. The van der Waals surface area contributed by atoms with E-state index in [1.807, 2.05) is 39.0 Å². The molecule has 0 aromatic heterocycles. The van der Waals surface area contributed by atoms with Gasteiger partial charge in [-0.25, -0.2) is 0 Å². The van der Waals surface area contributed by atoms with Crippen LogP contribution >= 0.6 is 0 Å². The summed E-state index contributed by atoms with van der Waals surface area (Å²) in [7, 11) is 0. The SMILES string of the molecule is CC(C)(C)NC[C@@H](O)COc1cccc2c1C[C@H](O)[C@H](O)C2. The Labute approximate surface area is 131 Å². The van der Waals surface area contributed by atoms with Crippen LogP contribution in [-0.4, -0.2) is 52.3 Å². The van der Waals surface area contributed by atoms with E-state index in [1.165, 1.54) is 0 Å². The largest absolute Gasteiger partial charge is 0.491 e. The number of hydrogen-bond donors (Lipinski definition) is 4. The van der Waals surface area contributed by atoms with Crippen molar-refractivity contribution in [2.45, 2.75) is 57.5 Å². The van der Waals surface area contributed by atoms with Crippen molar-refractivity contribution < 1.29 is 20.1 Å². The van der Waals surface area contributed by atoms with Crippen molar-refractivity contribution in [3.8, 4) is 5.75 Å². The van der Waals surface area contributed by atoms with Gasteiger partial charge >= 0.3 is 0 Å². The van der Waals surface area contributed by atoms with Crippen LogP contribution in [0.4, 0.5) is 0 Å². The van der Waals surface area contributed by atoms with Gasteiger partial charge in [-0.05, 0) is 32.4 Å². The van der Waals surface area contributed by atoms with Crippen LogP contribution in [0.5, 0.6) is 5.75 Å². The third-order valence-corrected chi connectivity index (χ3v) is 3.82. The second-order valence-electron chi connectivity index (χ2n) is 7.03. The molecule has 0 bridgehead atoms. The molecule has 0 heterocycles. The molecule has 5 heteroatoms. The highest BCUT2D eigenvalue weighted by Gasteiger charge is 2.27. The molecule has 124 valence electrons. The van der Waals surface area contributed by atoms with E-state index >= 15 is 0 Å². The fourth-order valence-corrected chi connectivity index (χ4v) is 2.54. The first-order valence-corrected chi connectivity index (χ1v) is 7.79. The predicted octanol–water partition coefficient (Wildman–Crippen LogP) is 0.635. The highest BCUT2D eigenvalue weighted by Crippen LogP contribution is 2.30. The number of benzene rings is 1. The lowest BCUT2D eigenvalue weighted by atomic mass is 9.87. The van der Waals surface area contributed by atoms with Gasteiger partial charge in [0.2, 0.25) is 0 Å². The van der Waals surface area contributed by atoms with E-state index in [0.29, 0.717) is 25.1 Å². The number of aliphatic hydroxyl groups is 3. The Hall–Kier alpha value is -1.14. The minimum absolute atomic E-state index is 0.0485. The number of ether oxygens (including phenoxy) is 1. The summed E-state index contributed by atoms with van der Waals surface area (Å²) in [4.78, 5) is 0. The molecule has 3 atom stereocenters. The molecular formula is C17H27NO4. The van der Waals surface area contributed by atoms with E-state index in [1.54, 1.807) is 0 Å². The lowest BCUT2D eigenvalue weighted by Crippen LogP contribution is -2.42. The maximum Gasteiger partial charge on any atom is 0.123 e. The molecule has 1 aromatic carbocycles. The summed E-state index contributed by atoms with van der Waals surface area (Å²) in [6.07, 6.45) is -1.27. The lowest BCUT2D eigenvalue weighted by Gasteiger charge is -2.28. The third kappa shape index (κ3) is 4.68. The standard InChI is InChI=1S/C17H27NO4/c1-17(2,3)18-9-12(19)10-22-16-6-4-5-11-7-14(20)15(21)8-13(11)16/h4-6,12,14-15,18-21H,7-10H2,1-3H3/t12-,14-,15+/m1/s1. The summed E-state index contributed by atoms with van der Waals surface area (Å²) >= 11 is 0. The van der Waals surface area contributed by atoms with Crippen LogP contribution in [0.3, 0.4) is 0 Å². The number of β-amino-alcohol motifs (C(OH)–C–C–N with tert-alkyl or cyclic N) is 1. The zero-order chi connectivity index (χ0) is 16.3. The highest BCUT2D eigenvalue weighted by atomic mass is 16.5. The zero-order valence-corrected chi connectivity index (χ0v) is 13.5. The molecule has 0 saturated heterocycles. The monoisotopic (exact) mass is 309 g/mol. The molecule has 0 unspecified atom stereocenters. The van der Waals surface area contributed by atoms with Gasteiger partial charge in [-0.15, -0.1) is 0 Å². The Kier molecular flexibility index (Phi) is 5.45. The van der Waals surface area contributed by atoms with Gasteiger partial charge in [0.15, 0.2) is 0 Å². The maximum absolute atomic E-state index is 10.00. The second-order valence-corrected chi connectivity index (χ2v) is 7.03. The first-order chi connectivity index (χ1) is 10.3. The Bertz CT molecular complexity index is 498. The quantitative estimate of drug-likeness (QED) is 0.641. The summed E-state index contributed by atoms with van der Waals surface area (Å²) in [5.74, 6) is 0.679. The molecule has 0 aliphatic heterocycles. The van der Waals surface area contributed by atoms with Crippen molar-refractivity contribution in [2.75, 3.05) is 13.2 Å². The molecule has 22 heavy (non-hydrogen) atoms. The van der Waals surface area contributed by atoms with Crippen molar-refractivity contribution in [1.82, 2.24) is 5.32 Å². The molecule has 0 fully saturated rings. The molecular weight excluding hydrogens is 282 g/mol. The van der Waals surface area contributed by atoms with E-state index < -0.39 is 18.3 Å². The molecule has 1 aliphatic carbocycles. The van der Waals surface area contributed by atoms with E-state index in [0.717, 1.165) is 11.1 Å². The minimum Gasteiger partial charge on any atom is -0.491 e. The average Bonchev–Trinajstić information content (AvgIpc) is 2.43. The minimum atomic E-state index is -0.760. The van der Waals surface area contributed by atoms with E-state index in [4.69, 9.17) is 4.74 Å². The van der Waals surface area contributed by atoms with Gasteiger partial charge < -0.3 is 25.4 Å². The fourth-order valence-electron chi connectivity index (χ4n) is 2.54. The van der Waals surface area contributed by atoms with Gasteiger partial charge in [-0.2, -0.15) is 0 Å². The van der Waals surface area contributed by atoms with E-state index in [-0.39, 0.29) is 12.1 Å². The molecule has 0 radical (unpaired) electrons. The summed E-state index contributed by atoms with van der Waals surface area (Å²) in [5.41, 5.74) is 1.88. The van der Waals surface area contributed by atoms with Crippen LogP contribution in [0.1, 0.15) is 31.9 Å². The molecule has 1 aromatic rings.